The first-order chi connectivity index (χ1) is 8.46. The van der Waals surface area contributed by atoms with Crippen molar-refractivity contribution in [3.8, 4) is 0 Å². The molecule has 1 aliphatic rings. The molecule has 0 amide bonds. The molecule has 3 rings (SSSR count). The molecule has 98 valence electrons. The Morgan fingerprint density at radius 2 is 2.06 bits per heavy atom. The van der Waals surface area contributed by atoms with Crippen molar-refractivity contribution in [2.45, 2.75) is 50.9 Å². The molecular weight excluding hydrogens is 246 g/mol. The first kappa shape index (κ1) is 12.0. The lowest BCUT2D eigenvalue weighted by molar-refractivity contribution is 0.250. The SMILES string of the molecule is CC(C)(C)c1nnc2sc(C3(CN)CCC3)nn12. The number of hydrogen-bond acceptors (Lipinski definition) is 5. The summed E-state index contributed by atoms with van der Waals surface area (Å²) < 4.78 is 1.90. The maximum absolute atomic E-state index is 5.94. The van der Waals surface area contributed by atoms with E-state index in [2.05, 4.69) is 31.0 Å². The molecular formula is C12H19N5S. The third-order valence-corrected chi connectivity index (χ3v) is 4.96. The second kappa shape index (κ2) is 3.74. The fraction of sp³-hybridized carbons (Fsp3) is 0.750. The Balaban J connectivity index is 2.10. The van der Waals surface area contributed by atoms with E-state index in [4.69, 9.17) is 10.8 Å². The molecule has 0 radical (unpaired) electrons. The molecule has 0 saturated heterocycles. The largest absolute Gasteiger partial charge is 0.329 e. The van der Waals surface area contributed by atoms with Crippen molar-refractivity contribution in [3.63, 3.8) is 0 Å². The van der Waals surface area contributed by atoms with E-state index in [1.165, 1.54) is 6.42 Å². The second-order valence-corrected chi connectivity index (χ2v) is 7.17. The Morgan fingerprint density at radius 3 is 2.56 bits per heavy atom. The van der Waals surface area contributed by atoms with Crippen LogP contribution >= 0.6 is 11.3 Å². The summed E-state index contributed by atoms with van der Waals surface area (Å²) in [7, 11) is 0. The van der Waals surface area contributed by atoms with E-state index >= 15 is 0 Å². The number of hydrogen-bond donors (Lipinski definition) is 1. The van der Waals surface area contributed by atoms with Crippen LogP contribution in [-0.2, 0) is 10.8 Å². The summed E-state index contributed by atoms with van der Waals surface area (Å²) in [6, 6.07) is 0. The topological polar surface area (TPSA) is 69.1 Å². The summed E-state index contributed by atoms with van der Waals surface area (Å²) in [6.07, 6.45) is 3.56. The highest BCUT2D eigenvalue weighted by atomic mass is 32.1. The zero-order chi connectivity index (χ0) is 13.0. The minimum atomic E-state index is -0.0414. The highest BCUT2D eigenvalue weighted by molar-refractivity contribution is 7.16. The molecule has 1 fully saturated rings. The predicted molar refractivity (Wildman–Crippen MR) is 71.9 cm³/mol. The summed E-state index contributed by atoms with van der Waals surface area (Å²) in [4.78, 5) is 0.884. The average molecular weight is 265 g/mol. The van der Waals surface area contributed by atoms with Gasteiger partial charge in [-0.1, -0.05) is 38.5 Å². The molecule has 18 heavy (non-hydrogen) atoms. The molecule has 0 bridgehead atoms. The molecule has 1 saturated carbocycles. The van der Waals surface area contributed by atoms with Crippen LogP contribution in [0.4, 0.5) is 0 Å². The van der Waals surface area contributed by atoms with Gasteiger partial charge in [0.25, 0.3) is 0 Å². The predicted octanol–water partition coefficient (Wildman–Crippen LogP) is 1.86. The van der Waals surface area contributed by atoms with Crippen LogP contribution in [-0.4, -0.2) is 26.4 Å². The molecule has 5 nitrogen and oxygen atoms in total. The van der Waals surface area contributed by atoms with Crippen LogP contribution < -0.4 is 5.73 Å². The Morgan fingerprint density at radius 1 is 1.33 bits per heavy atom. The standard InChI is InChI=1S/C12H19N5S/c1-11(2,3)8-14-15-10-17(8)16-9(18-10)12(7-13)5-4-6-12/h4-7,13H2,1-3H3. The highest BCUT2D eigenvalue weighted by Gasteiger charge is 2.41. The van der Waals surface area contributed by atoms with E-state index in [0.717, 1.165) is 28.6 Å². The van der Waals surface area contributed by atoms with Crippen molar-refractivity contribution in [1.82, 2.24) is 19.8 Å². The van der Waals surface area contributed by atoms with Crippen molar-refractivity contribution >= 4 is 16.3 Å². The quantitative estimate of drug-likeness (QED) is 0.900. The number of fused-ring (bicyclic) bond motifs is 1. The summed E-state index contributed by atoms with van der Waals surface area (Å²) >= 11 is 1.64. The molecule has 0 unspecified atom stereocenters. The summed E-state index contributed by atoms with van der Waals surface area (Å²) in [6.45, 7) is 7.07. The van der Waals surface area contributed by atoms with Crippen LogP contribution in [0.2, 0.25) is 0 Å². The van der Waals surface area contributed by atoms with Gasteiger partial charge in [-0.05, 0) is 12.8 Å². The Kier molecular flexibility index (Phi) is 2.50. The van der Waals surface area contributed by atoms with Crippen molar-refractivity contribution < 1.29 is 0 Å². The Labute approximate surface area is 110 Å². The van der Waals surface area contributed by atoms with E-state index < -0.39 is 0 Å². The van der Waals surface area contributed by atoms with Gasteiger partial charge >= 0.3 is 0 Å². The average Bonchev–Trinajstić information content (AvgIpc) is 2.73. The van der Waals surface area contributed by atoms with Crippen LogP contribution in [0.1, 0.15) is 50.9 Å². The number of nitrogens with two attached hydrogens (primary N) is 1. The normalized spacial score (nSPS) is 19.1. The first-order valence-corrected chi connectivity index (χ1v) is 7.21. The third kappa shape index (κ3) is 1.59. The van der Waals surface area contributed by atoms with Gasteiger partial charge in [-0.15, -0.1) is 10.2 Å². The van der Waals surface area contributed by atoms with Crippen LogP contribution in [0.5, 0.6) is 0 Å². The van der Waals surface area contributed by atoms with Gasteiger partial charge < -0.3 is 5.73 Å². The maximum Gasteiger partial charge on any atom is 0.234 e. The second-order valence-electron chi connectivity index (χ2n) is 6.21. The Bertz CT molecular complexity index is 567. The maximum atomic E-state index is 5.94. The van der Waals surface area contributed by atoms with Crippen LogP contribution in [0.3, 0.4) is 0 Å². The van der Waals surface area contributed by atoms with Gasteiger partial charge in [-0.2, -0.15) is 9.61 Å². The summed E-state index contributed by atoms with van der Waals surface area (Å²) in [5.74, 6) is 0.923. The van der Waals surface area contributed by atoms with Gasteiger partial charge in [0.05, 0.1) is 0 Å². The molecule has 1 aliphatic carbocycles. The monoisotopic (exact) mass is 265 g/mol. The van der Waals surface area contributed by atoms with E-state index in [-0.39, 0.29) is 10.8 Å². The molecule has 2 aromatic rings. The van der Waals surface area contributed by atoms with Gasteiger partial charge in [0.1, 0.15) is 5.01 Å². The lowest BCUT2D eigenvalue weighted by Gasteiger charge is -2.38. The van der Waals surface area contributed by atoms with Crippen molar-refractivity contribution in [1.29, 1.82) is 0 Å². The van der Waals surface area contributed by atoms with Crippen LogP contribution in [0, 0.1) is 0 Å². The van der Waals surface area contributed by atoms with Gasteiger partial charge in [0, 0.05) is 17.4 Å². The number of aromatic nitrogens is 4. The van der Waals surface area contributed by atoms with Gasteiger partial charge in [-0.3, -0.25) is 0 Å². The van der Waals surface area contributed by atoms with Gasteiger partial charge in [-0.25, -0.2) is 0 Å². The summed E-state index contributed by atoms with van der Waals surface area (Å²) in [5, 5.41) is 14.4. The van der Waals surface area contributed by atoms with Crippen molar-refractivity contribution in [2.75, 3.05) is 6.54 Å². The molecule has 0 spiro atoms. The highest BCUT2D eigenvalue weighted by Crippen LogP contribution is 2.44. The van der Waals surface area contributed by atoms with Gasteiger partial charge in [0.15, 0.2) is 5.82 Å². The van der Waals surface area contributed by atoms with Crippen LogP contribution in [0.15, 0.2) is 0 Å². The molecule has 2 aromatic heterocycles. The van der Waals surface area contributed by atoms with Crippen molar-refractivity contribution in [2.24, 2.45) is 5.73 Å². The molecule has 0 aromatic carbocycles. The zero-order valence-corrected chi connectivity index (χ0v) is 11.9. The van der Waals surface area contributed by atoms with E-state index in [1.54, 1.807) is 11.3 Å². The summed E-state index contributed by atoms with van der Waals surface area (Å²) in [5.41, 5.74) is 6.01. The third-order valence-electron chi connectivity index (χ3n) is 3.82. The molecule has 6 heteroatoms. The minimum Gasteiger partial charge on any atom is -0.329 e. The van der Waals surface area contributed by atoms with E-state index in [1.807, 2.05) is 4.52 Å². The fourth-order valence-corrected chi connectivity index (χ4v) is 3.50. The first-order valence-electron chi connectivity index (χ1n) is 6.40. The smallest absolute Gasteiger partial charge is 0.234 e. The number of nitrogens with zero attached hydrogens (tertiary/aromatic N) is 4. The lowest BCUT2D eigenvalue weighted by atomic mass is 9.69. The minimum absolute atomic E-state index is 0.0414. The van der Waals surface area contributed by atoms with E-state index in [9.17, 15) is 0 Å². The Hall–Kier alpha value is -1.01. The number of rotatable bonds is 2. The van der Waals surface area contributed by atoms with Gasteiger partial charge in [0.2, 0.25) is 4.96 Å². The molecule has 2 heterocycles. The van der Waals surface area contributed by atoms with Crippen LogP contribution in [0.25, 0.3) is 4.96 Å². The molecule has 2 N–H and O–H groups in total. The molecule has 0 atom stereocenters. The van der Waals surface area contributed by atoms with Crippen molar-refractivity contribution in [3.05, 3.63) is 10.8 Å². The zero-order valence-electron chi connectivity index (χ0n) is 11.1. The lowest BCUT2D eigenvalue weighted by Crippen LogP contribution is -2.41. The van der Waals surface area contributed by atoms with E-state index in [0.29, 0.717) is 6.54 Å². The fourth-order valence-electron chi connectivity index (χ4n) is 2.41. The molecule has 0 aliphatic heterocycles.